The number of anilines is 2. The summed E-state index contributed by atoms with van der Waals surface area (Å²) in [5.41, 5.74) is 1.89. The lowest BCUT2D eigenvalue weighted by Crippen LogP contribution is -2.12. The number of nitrogens with one attached hydrogen (secondary N) is 2. The smallest absolute Gasteiger partial charge is 0.265 e. The Morgan fingerprint density at radius 3 is 2.40 bits per heavy atom. The molecule has 0 saturated heterocycles. The van der Waals surface area contributed by atoms with Gasteiger partial charge in [-0.25, -0.2) is 0 Å². The summed E-state index contributed by atoms with van der Waals surface area (Å²) < 4.78 is 0. The van der Waals surface area contributed by atoms with Crippen LogP contribution in [0.5, 0.6) is 0 Å². The largest absolute Gasteiger partial charge is 0.324 e. The van der Waals surface area contributed by atoms with Gasteiger partial charge in [0, 0.05) is 23.0 Å². The van der Waals surface area contributed by atoms with Crippen molar-refractivity contribution in [2.75, 3.05) is 5.32 Å². The fourth-order valence-electron chi connectivity index (χ4n) is 1.45. The molecule has 0 unspecified atom stereocenters. The third-order valence-corrected chi connectivity index (χ3v) is 2.92. The molecule has 104 valence electrons. The van der Waals surface area contributed by atoms with Gasteiger partial charge in [-0.2, -0.15) is 15.0 Å². The summed E-state index contributed by atoms with van der Waals surface area (Å²) in [5, 5.41) is 2.86. The SMILES string of the molecule is Cc1ccc(C(=O)NCl)cc1Nc1nc(Cl)nc(Cl)n1. The molecule has 0 fully saturated rings. The molecule has 0 radical (unpaired) electrons. The van der Waals surface area contributed by atoms with E-state index in [9.17, 15) is 4.79 Å². The van der Waals surface area contributed by atoms with Gasteiger partial charge < -0.3 is 5.32 Å². The molecule has 1 aromatic carbocycles. The zero-order valence-corrected chi connectivity index (χ0v) is 12.4. The van der Waals surface area contributed by atoms with E-state index in [0.29, 0.717) is 11.3 Å². The second-order valence-corrected chi connectivity index (χ2v) is 4.64. The van der Waals surface area contributed by atoms with Crippen LogP contribution in [-0.4, -0.2) is 20.9 Å². The second kappa shape index (κ2) is 6.21. The van der Waals surface area contributed by atoms with Gasteiger partial charge in [0.1, 0.15) is 0 Å². The van der Waals surface area contributed by atoms with Gasteiger partial charge in [0.25, 0.3) is 5.91 Å². The van der Waals surface area contributed by atoms with Crippen LogP contribution in [0.2, 0.25) is 10.6 Å². The first-order valence-corrected chi connectivity index (χ1v) is 6.48. The topological polar surface area (TPSA) is 79.8 Å². The minimum absolute atomic E-state index is 0.0280. The molecule has 0 atom stereocenters. The van der Waals surface area contributed by atoms with Crippen molar-refractivity contribution in [2.24, 2.45) is 0 Å². The average molecular weight is 333 g/mol. The first-order chi connectivity index (χ1) is 9.49. The molecule has 0 spiro atoms. The Bertz CT molecular complexity index is 644. The van der Waals surface area contributed by atoms with Crippen molar-refractivity contribution < 1.29 is 4.79 Å². The van der Waals surface area contributed by atoms with E-state index in [0.717, 1.165) is 5.56 Å². The van der Waals surface area contributed by atoms with E-state index in [1.165, 1.54) is 0 Å². The van der Waals surface area contributed by atoms with Crippen molar-refractivity contribution in [3.63, 3.8) is 0 Å². The summed E-state index contributed by atoms with van der Waals surface area (Å²) >= 11 is 16.7. The number of carbonyl (C=O) groups excluding carboxylic acids is 1. The van der Waals surface area contributed by atoms with Crippen LogP contribution >= 0.6 is 35.0 Å². The van der Waals surface area contributed by atoms with E-state index in [1.807, 2.05) is 11.8 Å². The van der Waals surface area contributed by atoms with Crippen LogP contribution in [0.4, 0.5) is 11.6 Å². The number of hydrogen-bond donors (Lipinski definition) is 2. The zero-order valence-electron chi connectivity index (χ0n) is 10.1. The molecule has 0 bridgehead atoms. The highest BCUT2D eigenvalue weighted by Crippen LogP contribution is 2.21. The number of rotatable bonds is 3. The molecule has 0 saturated carbocycles. The lowest BCUT2D eigenvalue weighted by atomic mass is 10.1. The molecule has 0 aliphatic carbocycles. The predicted molar refractivity (Wildman–Crippen MR) is 77.6 cm³/mol. The molecule has 1 aromatic heterocycles. The summed E-state index contributed by atoms with van der Waals surface area (Å²) in [4.78, 5) is 24.9. The van der Waals surface area contributed by atoms with Crippen molar-refractivity contribution in [1.82, 2.24) is 19.8 Å². The third-order valence-electron chi connectivity index (χ3n) is 2.41. The molecule has 6 nitrogen and oxygen atoms in total. The molecule has 1 amide bonds. The van der Waals surface area contributed by atoms with Gasteiger partial charge in [0.05, 0.1) is 0 Å². The van der Waals surface area contributed by atoms with E-state index >= 15 is 0 Å². The highest BCUT2D eigenvalue weighted by atomic mass is 35.5. The van der Waals surface area contributed by atoms with E-state index < -0.39 is 5.91 Å². The van der Waals surface area contributed by atoms with E-state index in [1.54, 1.807) is 18.2 Å². The Morgan fingerprint density at radius 2 is 1.80 bits per heavy atom. The first-order valence-electron chi connectivity index (χ1n) is 5.35. The van der Waals surface area contributed by atoms with Crippen molar-refractivity contribution in [2.45, 2.75) is 6.92 Å². The summed E-state index contributed by atoms with van der Waals surface area (Å²) in [5.74, 6) is -0.233. The molecular weight excluding hydrogens is 325 g/mol. The molecular formula is C11H8Cl3N5O. The van der Waals surface area contributed by atoms with Crippen LogP contribution < -0.4 is 10.2 Å². The number of nitrogens with zero attached hydrogens (tertiary/aromatic N) is 3. The molecule has 2 aromatic rings. The van der Waals surface area contributed by atoms with Crippen LogP contribution in [0.15, 0.2) is 18.2 Å². The molecule has 0 aliphatic rings. The standard InChI is InChI=1S/C11H8Cl3N5O/c1-5-2-3-6(8(20)19-14)4-7(5)15-11-17-9(12)16-10(13)18-11/h2-4H,1H3,(H,19,20)(H,15,16,17,18). The highest BCUT2D eigenvalue weighted by molar-refractivity contribution is 6.31. The van der Waals surface area contributed by atoms with Crippen molar-refractivity contribution in [3.05, 3.63) is 39.9 Å². The molecule has 9 heteroatoms. The van der Waals surface area contributed by atoms with Gasteiger partial charge in [-0.15, -0.1) is 0 Å². The van der Waals surface area contributed by atoms with Crippen LogP contribution in [0.3, 0.4) is 0 Å². The first kappa shape index (κ1) is 14.8. The number of benzene rings is 1. The fraction of sp³-hybridized carbons (Fsp3) is 0.0909. The van der Waals surface area contributed by atoms with Gasteiger partial charge in [-0.1, -0.05) is 6.07 Å². The maximum Gasteiger partial charge on any atom is 0.265 e. The van der Waals surface area contributed by atoms with Gasteiger partial charge in [0.15, 0.2) is 0 Å². The zero-order chi connectivity index (χ0) is 14.7. The van der Waals surface area contributed by atoms with Gasteiger partial charge >= 0.3 is 0 Å². The van der Waals surface area contributed by atoms with Crippen molar-refractivity contribution in [1.29, 1.82) is 0 Å². The summed E-state index contributed by atoms with van der Waals surface area (Å²) in [7, 11) is 0. The Morgan fingerprint density at radius 1 is 1.15 bits per heavy atom. The highest BCUT2D eigenvalue weighted by Gasteiger charge is 2.09. The molecule has 0 aliphatic heterocycles. The van der Waals surface area contributed by atoms with Crippen molar-refractivity contribution >= 4 is 52.5 Å². The molecule has 1 heterocycles. The van der Waals surface area contributed by atoms with Gasteiger partial charge in [-0.3, -0.25) is 9.63 Å². The van der Waals surface area contributed by atoms with Crippen LogP contribution in [0.25, 0.3) is 0 Å². The Balaban J connectivity index is 2.34. The Hall–Kier alpha value is -1.63. The minimum atomic E-state index is -0.415. The van der Waals surface area contributed by atoms with Crippen LogP contribution in [0, 0.1) is 6.92 Å². The lowest BCUT2D eigenvalue weighted by molar-refractivity contribution is 0.0982. The normalized spacial score (nSPS) is 10.2. The van der Waals surface area contributed by atoms with Gasteiger partial charge in [0.2, 0.25) is 16.5 Å². The third kappa shape index (κ3) is 3.47. The lowest BCUT2D eigenvalue weighted by Gasteiger charge is -2.09. The molecule has 2 rings (SSSR count). The Kier molecular flexibility index (Phi) is 4.59. The summed E-state index contributed by atoms with van der Waals surface area (Å²) in [6, 6.07) is 5.01. The number of hydrogen-bond acceptors (Lipinski definition) is 5. The van der Waals surface area contributed by atoms with Crippen LogP contribution in [0.1, 0.15) is 15.9 Å². The predicted octanol–water partition coefficient (Wildman–Crippen LogP) is 3.11. The second-order valence-electron chi connectivity index (χ2n) is 3.78. The van der Waals surface area contributed by atoms with E-state index in [4.69, 9.17) is 35.0 Å². The van der Waals surface area contributed by atoms with Crippen LogP contribution in [-0.2, 0) is 0 Å². The number of halogens is 3. The molecule has 20 heavy (non-hydrogen) atoms. The summed E-state index contributed by atoms with van der Waals surface area (Å²) in [6.45, 7) is 1.86. The van der Waals surface area contributed by atoms with E-state index in [2.05, 4.69) is 20.3 Å². The maximum absolute atomic E-state index is 11.5. The quantitative estimate of drug-likeness (QED) is 0.844. The minimum Gasteiger partial charge on any atom is -0.324 e. The number of carbonyl (C=O) groups is 1. The Labute approximate surface area is 129 Å². The monoisotopic (exact) mass is 331 g/mol. The van der Waals surface area contributed by atoms with Crippen molar-refractivity contribution in [3.8, 4) is 0 Å². The summed E-state index contributed by atoms with van der Waals surface area (Å²) in [6.07, 6.45) is 0. The number of aromatic nitrogens is 3. The number of amides is 1. The average Bonchev–Trinajstić information content (AvgIpc) is 2.39. The fourth-order valence-corrected chi connectivity index (χ4v) is 1.93. The number of aryl methyl sites for hydroxylation is 1. The van der Waals surface area contributed by atoms with Gasteiger partial charge in [-0.05, 0) is 47.8 Å². The maximum atomic E-state index is 11.5. The van der Waals surface area contributed by atoms with E-state index in [-0.39, 0.29) is 16.5 Å². The molecule has 2 N–H and O–H groups in total.